The highest BCUT2D eigenvalue weighted by atomic mass is 16.4. The summed E-state index contributed by atoms with van der Waals surface area (Å²) in [6.07, 6.45) is 2.19. The van der Waals surface area contributed by atoms with Crippen LogP contribution in [0.25, 0.3) is 0 Å². The molecule has 114 valence electrons. The first-order valence-electron chi connectivity index (χ1n) is 6.41. The normalized spacial score (nSPS) is 8.60. The van der Waals surface area contributed by atoms with E-state index in [1.807, 2.05) is 0 Å². The van der Waals surface area contributed by atoms with Gasteiger partial charge in [0.25, 0.3) is 0 Å². The molecule has 0 heterocycles. The van der Waals surface area contributed by atoms with Crippen molar-refractivity contribution in [3.05, 3.63) is 35.4 Å². The van der Waals surface area contributed by atoms with Gasteiger partial charge in [-0.15, -0.1) is 0 Å². The molecule has 0 radical (unpaired) electrons. The summed E-state index contributed by atoms with van der Waals surface area (Å²) in [4.78, 5) is 20.8. The van der Waals surface area contributed by atoms with Gasteiger partial charge in [-0.3, -0.25) is 0 Å². The highest BCUT2D eigenvalue weighted by Gasteiger charge is 2.06. The Bertz CT molecular complexity index is 357. The van der Waals surface area contributed by atoms with Gasteiger partial charge >= 0.3 is 11.9 Å². The third kappa shape index (κ3) is 11.2. The molecule has 0 aliphatic carbocycles. The number of rotatable bonds is 4. The van der Waals surface area contributed by atoms with E-state index in [-0.39, 0.29) is 11.1 Å². The number of nitrogens with two attached hydrogens (primary N) is 2. The van der Waals surface area contributed by atoms with Gasteiger partial charge in [-0.2, -0.15) is 0 Å². The molecule has 1 aromatic carbocycles. The highest BCUT2D eigenvalue weighted by Crippen LogP contribution is 2.04. The fourth-order valence-corrected chi connectivity index (χ4v) is 0.785. The zero-order chi connectivity index (χ0) is 16.0. The lowest BCUT2D eigenvalue weighted by Crippen LogP contribution is -2.01. The first-order chi connectivity index (χ1) is 9.44. The van der Waals surface area contributed by atoms with Crippen molar-refractivity contribution in [1.29, 1.82) is 0 Å². The van der Waals surface area contributed by atoms with Crippen molar-refractivity contribution in [2.75, 3.05) is 13.1 Å². The van der Waals surface area contributed by atoms with Gasteiger partial charge in [-0.25, -0.2) is 9.59 Å². The van der Waals surface area contributed by atoms with Crippen molar-refractivity contribution < 1.29 is 19.8 Å². The molecule has 0 saturated carbocycles. The number of hydrogen-bond donors (Lipinski definition) is 4. The minimum Gasteiger partial charge on any atom is -0.478 e. The first kappa shape index (κ1) is 20.4. The minimum absolute atomic E-state index is 0.0186. The third-order valence-corrected chi connectivity index (χ3v) is 1.93. The second-order valence-electron chi connectivity index (χ2n) is 3.77. The molecule has 0 aliphatic heterocycles. The van der Waals surface area contributed by atoms with Crippen LogP contribution in [0.15, 0.2) is 24.3 Å². The molecule has 0 bridgehead atoms. The lowest BCUT2D eigenvalue weighted by Gasteiger charge is -1.95. The van der Waals surface area contributed by atoms with Crippen LogP contribution < -0.4 is 11.5 Å². The average Bonchev–Trinajstić information content (AvgIpc) is 2.47. The maximum atomic E-state index is 10.4. The van der Waals surface area contributed by atoms with Gasteiger partial charge in [-0.1, -0.05) is 19.9 Å². The van der Waals surface area contributed by atoms with Crippen molar-refractivity contribution >= 4 is 11.9 Å². The largest absolute Gasteiger partial charge is 0.478 e. The highest BCUT2D eigenvalue weighted by molar-refractivity contribution is 5.93. The summed E-state index contributed by atoms with van der Waals surface area (Å²) >= 11 is 0. The predicted molar refractivity (Wildman–Crippen MR) is 79.1 cm³/mol. The summed E-state index contributed by atoms with van der Waals surface area (Å²) in [7, 11) is 0. The van der Waals surface area contributed by atoms with Crippen LogP contribution in [-0.4, -0.2) is 35.2 Å². The molecular weight excluding hydrogens is 260 g/mol. The Labute approximate surface area is 119 Å². The molecule has 0 fully saturated rings. The molecule has 0 aromatic heterocycles. The van der Waals surface area contributed by atoms with Crippen LogP contribution in [0.4, 0.5) is 0 Å². The number of benzene rings is 1. The SMILES string of the molecule is CCCN.CCCN.O=C(O)c1cccc(C(=O)O)c1. The van der Waals surface area contributed by atoms with E-state index in [1.165, 1.54) is 18.2 Å². The zero-order valence-corrected chi connectivity index (χ0v) is 12.0. The Morgan fingerprint density at radius 3 is 1.45 bits per heavy atom. The van der Waals surface area contributed by atoms with Crippen LogP contribution in [-0.2, 0) is 0 Å². The van der Waals surface area contributed by atoms with Crippen LogP contribution in [0, 0.1) is 0 Å². The van der Waals surface area contributed by atoms with Crippen molar-refractivity contribution in [1.82, 2.24) is 0 Å². The molecule has 6 nitrogen and oxygen atoms in total. The Hall–Kier alpha value is -1.92. The standard InChI is InChI=1S/C8H6O4.2C3H9N/c9-7(10)5-2-1-3-6(4-5)8(11)12;2*1-2-3-4/h1-4H,(H,9,10)(H,11,12);2*2-4H2,1H3. The van der Waals surface area contributed by atoms with Crippen LogP contribution in [0.2, 0.25) is 0 Å². The van der Waals surface area contributed by atoms with Gasteiger partial charge < -0.3 is 21.7 Å². The van der Waals surface area contributed by atoms with Gasteiger partial charge in [0.2, 0.25) is 0 Å². The van der Waals surface area contributed by atoms with E-state index < -0.39 is 11.9 Å². The fraction of sp³-hybridized carbons (Fsp3) is 0.429. The van der Waals surface area contributed by atoms with Crippen LogP contribution in [0.1, 0.15) is 47.4 Å². The predicted octanol–water partition coefficient (Wildman–Crippen LogP) is 1.79. The molecule has 0 aliphatic rings. The smallest absolute Gasteiger partial charge is 0.335 e. The average molecular weight is 284 g/mol. The third-order valence-electron chi connectivity index (χ3n) is 1.93. The molecule has 0 spiro atoms. The van der Waals surface area contributed by atoms with Gasteiger partial charge in [0.05, 0.1) is 11.1 Å². The van der Waals surface area contributed by atoms with E-state index in [9.17, 15) is 9.59 Å². The molecule has 0 saturated heterocycles. The number of aromatic carboxylic acids is 2. The van der Waals surface area contributed by atoms with E-state index in [1.54, 1.807) is 0 Å². The number of hydrogen-bond acceptors (Lipinski definition) is 4. The molecule has 1 rings (SSSR count). The number of carbonyl (C=O) groups is 2. The van der Waals surface area contributed by atoms with E-state index in [0.29, 0.717) is 0 Å². The van der Waals surface area contributed by atoms with Crippen molar-refractivity contribution in [2.24, 2.45) is 11.5 Å². The summed E-state index contributed by atoms with van der Waals surface area (Å²) in [5, 5.41) is 17.0. The Balaban J connectivity index is 0. The molecule has 1 aromatic rings. The second kappa shape index (κ2) is 13.5. The van der Waals surface area contributed by atoms with E-state index >= 15 is 0 Å². The second-order valence-corrected chi connectivity index (χ2v) is 3.77. The molecule has 0 unspecified atom stereocenters. The fourth-order valence-electron chi connectivity index (χ4n) is 0.785. The summed E-state index contributed by atoms with van der Waals surface area (Å²) in [5.74, 6) is -2.25. The van der Waals surface area contributed by atoms with Crippen molar-refractivity contribution in [3.63, 3.8) is 0 Å². The first-order valence-corrected chi connectivity index (χ1v) is 6.41. The Morgan fingerprint density at radius 1 is 0.950 bits per heavy atom. The van der Waals surface area contributed by atoms with E-state index in [2.05, 4.69) is 13.8 Å². The lowest BCUT2D eigenvalue weighted by molar-refractivity contribution is 0.0696. The molecule has 20 heavy (non-hydrogen) atoms. The van der Waals surface area contributed by atoms with Crippen LogP contribution in [0.5, 0.6) is 0 Å². The summed E-state index contributed by atoms with van der Waals surface area (Å²) in [6, 6.07) is 5.20. The summed E-state index contributed by atoms with van der Waals surface area (Å²) < 4.78 is 0. The summed E-state index contributed by atoms with van der Waals surface area (Å²) in [6.45, 7) is 5.75. The molecule has 0 atom stereocenters. The van der Waals surface area contributed by atoms with E-state index in [4.69, 9.17) is 21.7 Å². The number of carboxylic acid groups (broad SMARTS) is 2. The topological polar surface area (TPSA) is 127 Å². The van der Waals surface area contributed by atoms with E-state index in [0.717, 1.165) is 32.0 Å². The summed E-state index contributed by atoms with van der Waals surface area (Å²) in [5.41, 5.74) is 10.0. The quantitative estimate of drug-likeness (QED) is 0.667. The molecule has 6 heteroatoms. The Kier molecular flexibility index (Phi) is 13.8. The molecule has 6 N–H and O–H groups in total. The Morgan fingerprint density at radius 2 is 1.25 bits per heavy atom. The number of carboxylic acids is 2. The lowest BCUT2D eigenvalue weighted by atomic mass is 10.1. The monoisotopic (exact) mass is 284 g/mol. The molecule has 0 amide bonds. The maximum absolute atomic E-state index is 10.4. The maximum Gasteiger partial charge on any atom is 0.335 e. The van der Waals surface area contributed by atoms with Gasteiger partial charge in [0.15, 0.2) is 0 Å². The van der Waals surface area contributed by atoms with Gasteiger partial charge in [-0.05, 0) is 44.1 Å². The molecular formula is C14H24N2O4. The van der Waals surface area contributed by atoms with Crippen LogP contribution >= 0.6 is 0 Å². The van der Waals surface area contributed by atoms with Crippen molar-refractivity contribution in [2.45, 2.75) is 26.7 Å². The van der Waals surface area contributed by atoms with Gasteiger partial charge in [0, 0.05) is 0 Å². The zero-order valence-electron chi connectivity index (χ0n) is 12.0. The van der Waals surface area contributed by atoms with Crippen LogP contribution in [0.3, 0.4) is 0 Å². The minimum atomic E-state index is -1.13. The van der Waals surface area contributed by atoms with Gasteiger partial charge in [0.1, 0.15) is 0 Å². The van der Waals surface area contributed by atoms with Crippen molar-refractivity contribution in [3.8, 4) is 0 Å².